The minimum Gasteiger partial charge on any atom is -0.313 e. The van der Waals surface area contributed by atoms with E-state index in [9.17, 15) is 0 Å². The molecule has 1 aliphatic heterocycles. The van der Waals surface area contributed by atoms with E-state index >= 15 is 0 Å². The first-order chi connectivity index (χ1) is 25.3. The van der Waals surface area contributed by atoms with Gasteiger partial charge in [0.15, 0.2) is 0 Å². The topological polar surface area (TPSA) is 13.1 Å². The van der Waals surface area contributed by atoms with Crippen LogP contribution in [0.2, 0.25) is 0 Å². The lowest BCUT2D eigenvalue weighted by atomic mass is 9.90. The van der Waals surface area contributed by atoms with Crippen molar-refractivity contribution in [3.05, 3.63) is 186 Å². The van der Waals surface area contributed by atoms with E-state index in [1.165, 1.54) is 89.1 Å². The number of hydrogen-bond acceptors (Lipinski definition) is 1. The fourth-order valence-corrected chi connectivity index (χ4v) is 9.07. The molecule has 6 aromatic carbocycles. The number of hydrogen-bond donors (Lipinski definition) is 0. The zero-order valence-corrected chi connectivity index (χ0v) is 28.2. The maximum Gasteiger partial charge on any atom is 0.0538 e. The van der Waals surface area contributed by atoms with Crippen molar-refractivity contribution in [1.82, 2.24) is 9.13 Å². The van der Waals surface area contributed by atoms with Crippen LogP contribution in [0.25, 0.3) is 61.3 Å². The van der Waals surface area contributed by atoms with E-state index in [1.807, 2.05) is 0 Å². The van der Waals surface area contributed by atoms with Gasteiger partial charge in [-0.15, -0.1) is 0 Å². The Morgan fingerprint density at radius 3 is 2.02 bits per heavy atom. The number of benzene rings is 6. The molecular formula is C48H35N3. The second-order valence-electron chi connectivity index (χ2n) is 14.0. The van der Waals surface area contributed by atoms with Crippen LogP contribution in [0, 0.1) is 0 Å². The molecule has 0 N–H and O–H groups in total. The summed E-state index contributed by atoms with van der Waals surface area (Å²) in [5.74, 6) is 0.299. The number of para-hydroxylation sites is 4. The molecule has 0 spiro atoms. The number of aryl methyl sites for hydroxylation is 1. The summed E-state index contributed by atoms with van der Waals surface area (Å²) in [5, 5.41) is 3.94. The summed E-state index contributed by atoms with van der Waals surface area (Å²) >= 11 is 0. The lowest BCUT2D eigenvalue weighted by Crippen LogP contribution is -2.16. The molecule has 3 aliphatic rings. The predicted octanol–water partition coefficient (Wildman–Crippen LogP) is 12.4. The highest BCUT2D eigenvalue weighted by Gasteiger charge is 2.36. The van der Waals surface area contributed by atoms with Gasteiger partial charge >= 0.3 is 0 Å². The van der Waals surface area contributed by atoms with E-state index in [0.717, 1.165) is 19.3 Å². The molecule has 0 amide bonds. The number of anilines is 2. The number of rotatable bonds is 4. The Morgan fingerprint density at radius 2 is 1.20 bits per heavy atom. The molecule has 1 unspecified atom stereocenters. The highest BCUT2D eigenvalue weighted by molar-refractivity contribution is 6.11. The molecule has 8 aromatic rings. The van der Waals surface area contributed by atoms with Crippen molar-refractivity contribution in [2.75, 3.05) is 4.90 Å². The van der Waals surface area contributed by atoms with Crippen molar-refractivity contribution in [3.8, 4) is 16.8 Å². The summed E-state index contributed by atoms with van der Waals surface area (Å²) in [5.41, 5.74) is 16.9. The van der Waals surface area contributed by atoms with Gasteiger partial charge in [-0.1, -0.05) is 91.0 Å². The molecule has 0 saturated heterocycles. The fourth-order valence-electron chi connectivity index (χ4n) is 9.07. The zero-order valence-electron chi connectivity index (χ0n) is 28.2. The Bertz CT molecular complexity index is 2770. The molecule has 3 nitrogen and oxygen atoms in total. The van der Waals surface area contributed by atoms with Gasteiger partial charge in [0.05, 0.1) is 16.6 Å². The van der Waals surface area contributed by atoms with Gasteiger partial charge in [0.25, 0.3) is 0 Å². The first-order valence-corrected chi connectivity index (χ1v) is 18.1. The van der Waals surface area contributed by atoms with Crippen molar-refractivity contribution < 1.29 is 0 Å². The van der Waals surface area contributed by atoms with Gasteiger partial charge in [-0.25, -0.2) is 0 Å². The number of allylic oxidation sites excluding steroid dienone is 5. The van der Waals surface area contributed by atoms with E-state index in [1.54, 1.807) is 0 Å². The Labute approximate surface area is 297 Å². The second kappa shape index (κ2) is 11.1. The summed E-state index contributed by atoms with van der Waals surface area (Å²) < 4.78 is 4.95. The molecule has 2 aliphatic carbocycles. The van der Waals surface area contributed by atoms with Crippen LogP contribution in [0.15, 0.2) is 170 Å². The van der Waals surface area contributed by atoms with Crippen molar-refractivity contribution in [1.29, 1.82) is 0 Å². The van der Waals surface area contributed by atoms with E-state index in [4.69, 9.17) is 0 Å². The molecule has 2 aromatic heterocycles. The summed E-state index contributed by atoms with van der Waals surface area (Å²) in [6, 6.07) is 53.6. The molecule has 3 heterocycles. The van der Waals surface area contributed by atoms with E-state index in [-0.39, 0.29) is 0 Å². The molecule has 0 saturated carbocycles. The van der Waals surface area contributed by atoms with Gasteiger partial charge in [0.1, 0.15) is 0 Å². The lowest BCUT2D eigenvalue weighted by molar-refractivity contribution is 0.807. The highest BCUT2D eigenvalue weighted by Crippen LogP contribution is 2.52. The van der Waals surface area contributed by atoms with Gasteiger partial charge in [0.2, 0.25) is 0 Å². The molecule has 11 rings (SSSR count). The third kappa shape index (κ3) is 4.25. The molecule has 1 atom stereocenters. The monoisotopic (exact) mass is 653 g/mol. The zero-order chi connectivity index (χ0) is 33.5. The molecule has 242 valence electrons. The second-order valence-corrected chi connectivity index (χ2v) is 14.0. The third-order valence-electron chi connectivity index (χ3n) is 11.3. The van der Waals surface area contributed by atoms with Crippen LogP contribution in [0.1, 0.15) is 35.6 Å². The van der Waals surface area contributed by atoms with E-state index in [0.29, 0.717) is 5.92 Å². The molecule has 3 heteroatoms. The Morgan fingerprint density at radius 1 is 0.529 bits per heavy atom. The van der Waals surface area contributed by atoms with Crippen LogP contribution in [0.4, 0.5) is 11.4 Å². The first-order valence-electron chi connectivity index (χ1n) is 18.1. The predicted molar refractivity (Wildman–Crippen MR) is 214 cm³/mol. The standard InChI is InChI=1S/C48H35N3/c1-3-13-34(14-4-1)49-43-20-10-7-17-37(43)40-29-32(23-26-46(40)49)33-24-27-47-41(30-33)38-18-8-12-22-45(38)51(47)36-25-28-48-42(31-36)39-19-9-11-21-44(39)50(48)35-15-5-2-6-16-35/h1-6,8-16,18-30,42H,7,17,31H2. The maximum absolute atomic E-state index is 2.52. The van der Waals surface area contributed by atoms with Crippen molar-refractivity contribution in [2.45, 2.75) is 25.2 Å². The van der Waals surface area contributed by atoms with Gasteiger partial charge in [-0.3, -0.25) is 0 Å². The van der Waals surface area contributed by atoms with Crippen LogP contribution < -0.4 is 4.90 Å². The SMILES string of the molecule is C1=Cc2c(c3cc(-c4ccc5c(c4)c4ccccc4n5C4=CC=C5C(C4)c4ccccc4N5c4ccccc4)ccc3n2-c2ccccc2)CC1. The van der Waals surface area contributed by atoms with E-state index in [2.05, 4.69) is 184 Å². The summed E-state index contributed by atoms with van der Waals surface area (Å²) in [6.45, 7) is 0. The molecule has 0 bridgehead atoms. The van der Waals surface area contributed by atoms with E-state index < -0.39 is 0 Å². The Balaban J connectivity index is 1.04. The minimum atomic E-state index is 0.299. The number of nitrogens with zero attached hydrogens (tertiary/aromatic N) is 3. The van der Waals surface area contributed by atoms with Crippen molar-refractivity contribution >= 4 is 55.9 Å². The van der Waals surface area contributed by atoms with Crippen molar-refractivity contribution in [3.63, 3.8) is 0 Å². The highest BCUT2D eigenvalue weighted by atomic mass is 15.2. The minimum absolute atomic E-state index is 0.299. The third-order valence-corrected chi connectivity index (χ3v) is 11.3. The normalized spacial score (nSPS) is 16.3. The smallest absolute Gasteiger partial charge is 0.0538 e. The van der Waals surface area contributed by atoms with Crippen LogP contribution in [-0.2, 0) is 6.42 Å². The molecule has 51 heavy (non-hydrogen) atoms. The number of aromatic nitrogens is 2. The van der Waals surface area contributed by atoms with Crippen LogP contribution >= 0.6 is 0 Å². The number of fused-ring (bicyclic) bond motifs is 9. The van der Waals surface area contributed by atoms with Gasteiger partial charge < -0.3 is 14.0 Å². The average Bonchev–Trinajstić information content (AvgIpc) is 3.83. The Hall–Kier alpha value is -6.32. The quantitative estimate of drug-likeness (QED) is 0.184. The lowest BCUT2D eigenvalue weighted by Gasteiger charge is -2.27. The average molecular weight is 654 g/mol. The van der Waals surface area contributed by atoms with Crippen molar-refractivity contribution in [2.24, 2.45) is 0 Å². The van der Waals surface area contributed by atoms with Crippen LogP contribution in [-0.4, -0.2) is 9.13 Å². The maximum atomic E-state index is 2.52. The summed E-state index contributed by atoms with van der Waals surface area (Å²) in [7, 11) is 0. The summed E-state index contributed by atoms with van der Waals surface area (Å²) in [6.07, 6.45) is 12.4. The molecule has 0 radical (unpaired) electrons. The van der Waals surface area contributed by atoms with Gasteiger partial charge in [0, 0.05) is 62.6 Å². The Kier molecular flexibility index (Phi) is 6.20. The van der Waals surface area contributed by atoms with Crippen LogP contribution in [0.5, 0.6) is 0 Å². The first kappa shape index (κ1) is 28.5. The molecule has 0 fully saturated rings. The summed E-state index contributed by atoms with van der Waals surface area (Å²) in [4.78, 5) is 2.45. The van der Waals surface area contributed by atoms with Gasteiger partial charge in [-0.2, -0.15) is 0 Å². The molecular weight excluding hydrogens is 619 g/mol. The fraction of sp³-hybridized carbons (Fsp3) is 0.0833. The largest absolute Gasteiger partial charge is 0.313 e. The van der Waals surface area contributed by atoms with Crippen LogP contribution in [0.3, 0.4) is 0 Å². The van der Waals surface area contributed by atoms with Gasteiger partial charge in [-0.05, 0) is 114 Å².